The number of nitrogen functional groups attached to an aromatic ring is 1. The van der Waals surface area contributed by atoms with Crippen molar-refractivity contribution < 1.29 is 13.2 Å². The van der Waals surface area contributed by atoms with Crippen LogP contribution < -0.4 is 21.3 Å². The van der Waals surface area contributed by atoms with Crippen LogP contribution in [0.4, 0.5) is 11.4 Å². The molecule has 0 aliphatic heterocycles. The number of hydrogen-bond acceptors (Lipinski definition) is 9. The zero-order chi connectivity index (χ0) is 29.4. The maximum absolute atomic E-state index is 13.5. The van der Waals surface area contributed by atoms with E-state index in [-0.39, 0.29) is 22.1 Å². The molecule has 0 saturated carbocycles. The van der Waals surface area contributed by atoms with Gasteiger partial charge in [0.25, 0.3) is 11.5 Å². The van der Waals surface area contributed by atoms with Gasteiger partial charge in [-0.3, -0.25) is 19.1 Å². The Kier molecular flexibility index (Phi) is 7.94. The lowest BCUT2D eigenvalue weighted by molar-refractivity contribution is 0.0977. The molecular formula is C27H28ClN7O4S. The van der Waals surface area contributed by atoms with Crippen molar-refractivity contribution in [3.05, 3.63) is 80.4 Å². The standard InChI is InChI=1S/C27H28ClN7O4S/c1-14-10-18(15(2)31-21-8-9-22(28)32-24(21)26(36)34-40(5,38)39)23-19(11-14)27(37)35(4)25(33-23)16-6-7-17(13-30-3)20(29)12-16/h6-13,15,31H,29H2,1-5H3,(H,34,36)/t15-/m1/s1. The van der Waals surface area contributed by atoms with Crippen LogP contribution in [-0.4, -0.2) is 48.4 Å². The molecule has 0 radical (unpaired) electrons. The number of halogens is 1. The zero-order valence-corrected chi connectivity index (χ0v) is 24.1. The second kappa shape index (κ2) is 11.1. The molecular weight excluding hydrogens is 554 g/mol. The monoisotopic (exact) mass is 581 g/mol. The van der Waals surface area contributed by atoms with E-state index in [0.717, 1.165) is 17.4 Å². The maximum atomic E-state index is 13.5. The Bertz CT molecular complexity index is 1850. The summed E-state index contributed by atoms with van der Waals surface area (Å²) in [6.45, 7) is 3.70. The first-order valence-electron chi connectivity index (χ1n) is 12.1. The number of pyridine rings is 1. The fourth-order valence-electron chi connectivity index (χ4n) is 4.36. The number of fused-ring (bicyclic) bond motifs is 1. The normalized spacial score (nSPS) is 12.6. The summed E-state index contributed by atoms with van der Waals surface area (Å²) in [6.07, 6.45) is 2.52. The van der Waals surface area contributed by atoms with E-state index in [1.165, 1.54) is 16.7 Å². The molecule has 0 saturated heterocycles. The van der Waals surface area contributed by atoms with Gasteiger partial charge in [-0.05, 0) is 43.7 Å². The van der Waals surface area contributed by atoms with Crippen molar-refractivity contribution in [1.82, 2.24) is 19.3 Å². The minimum atomic E-state index is -3.84. The van der Waals surface area contributed by atoms with Crippen LogP contribution in [0.1, 0.15) is 40.1 Å². The number of anilines is 2. The van der Waals surface area contributed by atoms with Crippen molar-refractivity contribution in [1.29, 1.82) is 0 Å². The molecule has 1 atom stereocenters. The van der Waals surface area contributed by atoms with Crippen LogP contribution in [0.25, 0.3) is 22.3 Å². The third kappa shape index (κ3) is 5.97. The molecule has 2 aromatic heterocycles. The van der Waals surface area contributed by atoms with Gasteiger partial charge < -0.3 is 11.1 Å². The van der Waals surface area contributed by atoms with Crippen molar-refractivity contribution in [3.8, 4) is 11.4 Å². The predicted molar refractivity (Wildman–Crippen MR) is 159 cm³/mol. The highest BCUT2D eigenvalue weighted by Crippen LogP contribution is 2.30. The van der Waals surface area contributed by atoms with Gasteiger partial charge in [0.05, 0.1) is 28.9 Å². The molecule has 0 aliphatic rings. The second-order valence-corrected chi connectivity index (χ2v) is 11.5. The third-order valence-corrected chi connectivity index (χ3v) is 6.93. The van der Waals surface area contributed by atoms with Crippen LogP contribution in [0, 0.1) is 6.92 Å². The van der Waals surface area contributed by atoms with Crippen molar-refractivity contribution in [2.24, 2.45) is 12.0 Å². The lowest BCUT2D eigenvalue weighted by Crippen LogP contribution is -2.31. The van der Waals surface area contributed by atoms with Gasteiger partial charge in [-0.15, -0.1) is 0 Å². The van der Waals surface area contributed by atoms with E-state index in [1.54, 1.807) is 32.4 Å². The highest BCUT2D eigenvalue weighted by atomic mass is 35.5. The average molecular weight is 582 g/mol. The first-order chi connectivity index (χ1) is 18.8. The van der Waals surface area contributed by atoms with Gasteiger partial charge in [-0.25, -0.2) is 23.1 Å². The number of rotatable bonds is 7. The number of carbonyl (C=O) groups is 1. The predicted octanol–water partition coefficient (Wildman–Crippen LogP) is 3.45. The number of aromatic nitrogens is 3. The summed E-state index contributed by atoms with van der Waals surface area (Å²) in [5, 5.41) is 3.64. The van der Waals surface area contributed by atoms with Crippen LogP contribution in [-0.2, 0) is 17.1 Å². The van der Waals surface area contributed by atoms with Crippen molar-refractivity contribution in [3.63, 3.8) is 0 Å². The number of carbonyl (C=O) groups excluding carboxylic acids is 1. The molecule has 0 spiro atoms. The number of nitrogens with one attached hydrogen (secondary N) is 2. The van der Waals surface area contributed by atoms with E-state index in [2.05, 4.69) is 15.3 Å². The van der Waals surface area contributed by atoms with Gasteiger partial charge in [-0.1, -0.05) is 29.8 Å². The first-order valence-corrected chi connectivity index (χ1v) is 14.3. The molecule has 4 rings (SSSR count). The zero-order valence-electron chi connectivity index (χ0n) is 22.5. The SMILES string of the molecule is CN=Cc1ccc(-c2nc3c([C@@H](C)Nc4ccc(Cl)nc4C(=O)NS(C)(=O)=O)cc(C)cc3c(=O)n2C)cc1N. The highest BCUT2D eigenvalue weighted by Gasteiger charge is 2.22. The Labute approximate surface area is 236 Å². The van der Waals surface area contributed by atoms with Crippen molar-refractivity contribution >= 4 is 56.0 Å². The smallest absolute Gasteiger partial charge is 0.285 e. The summed E-state index contributed by atoms with van der Waals surface area (Å²) < 4.78 is 26.7. The third-order valence-electron chi connectivity index (χ3n) is 6.16. The molecule has 13 heteroatoms. The van der Waals surface area contributed by atoms with E-state index in [9.17, 15) is 18.0 Å². The molecule has 4 N–H and O–H groups in total. The molecule has 40 heavy (non-hydrogen) atoms. The Balaban J connectivity index is 1.84. The van der Waals surface area contributed by atoms with E-state index < -0.39 is 22.0 Å². The van der Waals surface area contributed by atoms with Gasteiger partial charge in [0.1, 0.15) is 11.0 Å². The van der Waals surface area contributed by atoms with E-state index in [0.29, 0.717) is 33.5 Å². The Morgan fingerprint density at radius 2 is 1.90 bits per heavy atom. The fourth-order valence-corrected chi connectivity index (χ4v) is 4.94. The summed E-state index contributed by atoms with van der Waals surface area (Å²) >= 11 is 6.00. The average Bonchev–Trinajstić information content (AvgIpc) is 2.87. The minimum Gasteiger partial charge on any atom is -0.398 e. The van der Waals surface area contributed by atoms with Crippen LogP contribution in [0.15, 0.2) is 52.3 Å². The maximum Gasteiger partial charge on any atom is 0.285 e. The summed E-state index contributed by atoms with van der Waals surface area (Å²) in [4.78, 5) is 39.1. The molecule has 2 heterocycles. The van der Waals surface area contributed by atoms with E-state index >= 15 is 0 Å². The molecule has 1 amide bonds. The van der Waals surface area contributed by atoms with E-state index in [1.807, 2.05) is 36.8 Å². The van der Waals surface area contributed by atoms with E-state index in [4.69, 9.17) is 22.3 Å². The number of aliphatic imine (C=N–C) groups is 1. The largest absolute Gasteiger partial charge is 0.398 e. The van der Waals surface area contributed by atoms with Gasteiger partial charge >= 0.3 is 0 Å². The van der Waals surface area contributed by atoms with Crippen LogP contribution in [0.5, 0.6) is 0 Å². The highest BCUT2D eigenvalue weighted by molar-refractivity contribution is 7.89. The van der Waals surface area contributed by atoms with Crippen molar-refractivity contribution in [2.45, 2.75) is 19.9 Å². The first kappa shape index (κ1) is 28.7. The second-order valence-electron chi connectivity index (χ2n) is 9.38. The summed E-state index contributed by atoms with van der Waals surface area (Å²) in [5.74, 6) is -0.514. The number of nitrogens with two attached hydrogens (primary N) is 1. The molecule has 0 bridgehead atoms. The molecule has 0 unspecified atom stereocenters. The van der Waals surface area contributed by atoms with Gasteiger partial charge in [0.15, 0.2) is 5.69 Å². The molecule has 208 valence electrons. The number of sulfonamides is 1. The molecule has 11 nitrogen and oxygen atoms in total. The Morgan fingerprint density at radius 3 is 2.55 bits per heavy atom. The Hall–Kier alpha value is -4.29. The van der Waals surface area contributed by atoms with Gasteiger partial charge in [0, 0.05) is 42.7 Å². The van der Waals surface area contributed by atoms with Crippen LogP contribution >= 0.6 is 11.6 Å². The summed E-state index contributed by atoms with van der Waals surface area (Å²) in [7, 11) is -0.534. The molecule has 4 aromatic rings. The lowest BCUT2D eigenvalue weighted by atomic mass is 10.0. The number of amides is 1. The lowest BCUT2D eigenvalue weighted by Gasteiger charge is -2.20. The topological polar surface area (TPSA) is 161 Å². The molecule has 2 aromatic carbocycles. The van der Waals surface area contributed by atoms with Gasteiger partial charge in [-0.2, -0.15) is 0 Å². The van der Waals surface area contributed by atoms with Crippen LogP contribution in [0.3, 0.4) is 0 Å². The Morgan fingerprint density at radius 1 is 1.18 bits per heavy atom. The fraction of sp³-hybridized carbons (Fsp3) is 0.222. The minimum absolute atomic E-state index is 0.0168. The number of hydrogen-bond donors (Lipinski definition) is 3. The van der Waals surface area contributed by atoms with Crippen molar-refractivity contribution in [2.75, 3.05) is 24.4 Å². The number of aryl methyl sites for hydroxylation is 1. The quantitative estimate of drug-likeness (QED) is 0.170. The summed E-state index contributed by atoms with van der Waals surface area (Å²) in [5.41, 5.74) is 9.90. The number of nitrogens with zero attached hydrogens (tertiary/aromatic N) is 4. The summed E-state index contributed by atoms with van der Waals surface area (Å²) in [6, 6.07) is 11.6. The number of benzene rings is 2. The molecule has 0 aliphatic carbocycles. The molecule has 0 fully saturated rings. The van der Waals surface area contributed by atoms with Gasteiger partial charge in [0.2, 0.25) is 10.0 Å². The van der Waals surface area contributed by atoms with Crippen LogP contribution in [0.2, 0.25) is 5.15 Å².